The van der Waals surface area contributed by atoms with Crippen molar-refractivity contribution in [1.29, 1.82) is 0 Å². The Hall–Kier alpha value is -2.10. The molecule has 1 saturated heterocycles. The SMILES string of the molecule is O=C(NC1CCN(S(=O)(=O)c2ccc(Cl)cc2C(F)(F)F)CC1)c1ccccc1. The summed E-state index contributed by atoms with van der Waals surface area (Å²) in [6, 6.07) is 10.9. The predicted molar refractivity (Wildman–Crippen MR) is 102 cm³/mol. The minimum absolute atomic E-state index is 0.00198. The summed E-state index contributed by atoms with van der Waals surface area (Å²) in [5, 5.41) is 2.64. The Kier molecular flexibility index (Phi) is 6.21. The Morgan fingerprint density at radius 3 is 2.28 bits per heavy atom. The maximum absolute atomic E-state index is 13.3. The molecule has 3 rings (SSSR count). The van der Waals surface area contributed by atoms with Gasteiger partial charge in [-0.05, 0) is 43.2 Å². The van der Waals surface area contributed by atoms with E-state index in [1.54, 1.807) is 30.3 Å². The normalized spacial score (nSPS) is 16.6. The van der Waals surface area contributed by atoms with E-state index in [9.17, 15) is 26.4 Å². The number of hydrogen-bond acceptors (Lipinski definition) is 3. The minimum atomic E-state index is -4.85. The van der Waals surface area contributed by atoms with Gasteiger partial charge in [0.05, 0.1) is 10.5 Å². The number of carbonyl (C=O) groups excluding carboxylic acids is 1. The number of sulfonamides is 1. The average molecular weight is 447 g/mol. The minimum Gasteiger partial charge on any atom is -0.349 e. The molecule has 1 aliphatic rings. The van der Waals surface area contributed by atoms with Gasteiger partial charge in [-0.25, -0.2) is 8.42 Å². The Morgan fingerprint density at radius 1 is 1.07 bits per heavy atom. The number of halogens is 4. The molecule has 0 radical (unpaired) electrons. The molecule has 1 amide bonds. The molecule has 156 valence electrons. The Morgan fingerprint density at radius 2 is 1.69 bits per heavy atom. The number of piperidine rings is 1. The molecule has 0 unspecified atom stereocenters. The molecular weight excluding hydrogens is 429 g/mol. The molecule has 0 atom stereocenters. The molecule has 2 aromatic carbocycles. The first kappa shape index (κ1) is 21.6. The number of amides is 1. The van der Waals surface area contributed by atoms with Crippen molar-refractivity contribution in [3.05, 3.63) is 64.7 Å². The van der Waals surface area contributed by atoms with Crippen molar-refractivity contribution >= 4 is 27.5 Å². The van der Waals surface area contributed by atoms with Crippen LogP contribution in [0.2, 0.25) is 5.02 Å². The van der Waals surface area contributed by atoms with Crippen LogP contribution in [0.25, 0.3) is 0 Å². The van der Waals surface area contributed by atoms with E-state index in [1.807, 2.05) is 0 Å². The van der Waals surface area contributed by atoms with E-state index in [4.69, 9.17) is 11.6 Å². The fourth-order valence-electron chi connectivity index (χ4n) is 3.19. The van der Waals surface area contributed by atoms with Crippen LogP contribution in [0.3, 0.4) is 0 Å². The van der Waals surface area contributed by atoms with Crippen molar-refractivity contribution in [3.8, 4) is 0 Å². The van der Waals surface area contributed by atoms with Crippen LogP contribution in [-0.4, -0.2) is 37.8 Å². The second kappa shape index (κ2) is 8.33. The third-order valence-electron chi connectivity index (χ3n) is 4.69. The first-order valence-electron chi connectivity index (χ1n) is 8.82. The van der Waals surface area contributed by atoms with Crippen LogP contribution in [0.15, 0.2) is 53.4 Å². The lowest BCUT2D eigenvalue weighted by Gasteiger charge is -2.32. The maximum atomic E-state index is 13.3. The molecule has 0 aliphatic carbocycles. The highest BCUT2D eigenvalue weighted by Crippen LogP contribution is 2.37. The van der Waals surface area contributed by atoms with Crippen molar-refractivity contribution in [3.63, 3.8) is 0 Å². The first-order valence-corrected chi connectivity index (χ1v) is 10.6. The molecule has 1 heterocycles. The lowest BCUT2D eigenvalue weighted by Crippen LogP contribution is -2.46. The summed E-state index contributed by atoms with van der Waals surface area (Å²) in [6.45, 7) is 0.00395. The van der Waals surface area contributed by atoms with Crippen molar-refractivity contribution < 1.29 is 26.4 Å². The number of nitrogens with zero attached hydrogens (tertiary/aromatic N) is 1. The molecule has 0 bridgehead atoms. The van der Waals surface area contributed by atoms with Crippen molar-refractivity contribution in [2.75, 3.05) is 13.1 Å². The first-order chi connectivity index (χ1) is 13.6. The zero-order valence-electron chi connectivity index (χ0n) is 15.1. The van der Waals surface area contributed by atoms with E-state index >= 15 is 0 Å². The van der Waals surface area contributed by atoms with E-state index in [2.05, 4.69) is 5.32 Å². The van der Waals surface area contributed by atoms with E-state index < -0.39 is 26.7 Å². The lowest BCUT2D eigenvalue weighted by atomic mass is 10.1. The topological polar surface area (TPSA) is 66.5 Å². The van der Waals surface area contributed by atoms with Crippen LogP contribution in [-0.2, 0) is 16.2 Å². The summed E-state index contributed by atoms with van der Waals surface area (Å²) in [7, 11) is -4.35. The molecule has 0 aromatic heterocycles. The van der Waals surface area contributed by atoms with Crippen molar-refractivity contribution in [2.45, 2.75) is 30.0 Å². The van der Waals surface area contributed by atoms with Gasteiger partial charge in [0.15, 0.2) is 0 Å². The van der Waals surface area contributed by atoms with E-state index in [0.717, 1.165) is 16.4 Å². The summed E-state index contributed by atoms with van der Waals surface area (Å²) < 4.78 is 66.5. The average Bonchev–Trinajstić information content (AvgIpc) is 2.68. The Labute approximate surface area is 171 Å². The second-order valence-electron chi connectivity index (χ2n) is 6.66. The largest absolute Gasteiger partial charge is 0.417 e. The number of nitrogens with one attached hydrogen (secondary N) is 1. The highest BCUT2D eigenvalue weighted by molar-refractivity contribution is 7.89. The number of hydrogen-bond donors (Lipinski definition) is 1. The summed E-state index contributed by atoms with van der Waals surface area (Å²) in [5.41, 5.74) is -0.803. The molecule has 1 fully saturated rings. The highest BCUT2D eigenvalue weighted by Gasteiger charge is 2.40. The summed E-state index contributed by atoms with van der Waals surface area (Å²) in [4.78, 5) is 11.4. The number of alkyl halides is 3. The third kappa shape index (κ3) is 4.91. The number of rotatable bonds is 4. The Bertz CT molecular complexity index is 990. The van der Waals surface area contributed by atoms with E-state index in [0.29, 0.717) is 24.5 Å². The van der Waals surface area contributed by atoms with Gasteiger partial charge in [-0.15, -0.1) is 0 Å². The standard InChI is InChI=1S/C19H18ClF3N2O3S/c20-14-6-7-17(16(12-14)19(21,22)23)29(27,28)25-10-8-15(9-11-25)24-18(26)13-4-2-1-3-5-13/h1-7,12,15H,8-11H2,(H,24,26). The predicted octanol–water partition coefficient (Wildman–Crippen LogP) is 3.94. The van der Waals surface area contributed by atoms with Crippen LogP contribution in [0, 0.1) is 0 Å². The van der Waals surface area contributed by atoms with Gasteiger partial charge < -0.3 is 5.32 Å². The Balaban J connectivity index is 1.72. The number of carbonyl (C=O) groups is 1. The molecule has 5 nitrogen and oxygen atoms in total. The van der Waals surface area contributed by atoms with Crippen molar-refractivity contribution in [2.24, 2.45) is 0 Å². The van der Waals surface area contributed by atoms with Crippen LogP contribution in [0.4, 0.5) is 13.2 Å². The van der Waals surface area contributed by atoms with E-state index in [1.165, 1.54) is 0 Å². The van der Waals surface area contributed by atoms with Gasteiger partial charge in [-0.1, -0.05) is 29.8 Å². The van der Waals surface area contributed by atoms with Crippen LogP contribution in [0.1, 0.15) is 28.8 Å². The zero-order chi connectivity index (χ0) is 21.2. The summed E-state index contributed by atoms with van der Waals surface area (Å²) in [6.07, 6.45) is -4.26. The molecule has 10 heteroatoms. The van der Waals surface area contributed by atoms with Gasteiger partial charge in [0.2, 0.25) is 10.0 Å². The highest BCUT2D eigenvalue weighted by atomic mass is 35.5. The summed E-state index contributed by atoms with van der Waals surface area (Å²) in [5.74, 6) is -0.274. The monoisotopic (exact) mass is 446 g/mol. The number of benzene rings is 2. The van der Waals surface area contributed by atoms with Gasteiger partial charge in [0, 0.05) is 29.7 Å². The molecule has 1 aliphatic heterocycles. The molecule has 0 spiro atoms. The molecular formula is C19H18ClF3N2O3S. The van der Waals surface area contributed by atoms with Crippen LogP contribution in [0.5, 0.6) is 0 Å². The zero-order valence-corrected chi connectivity index (χ0v) is 16.7. The van der Waals surface area contributed by atoms with Gasteiger partial charge in [0.25, 0.3) is 5.91 Å². The molecule has 0 saturated carbocycles. The van der Waals surface area contributed by atoms with Gasteiger partial charge in [-0.3, -0.25) is 4.79 Å². The maximum Gasteiger partial charge on any atom is 0.417 e. The molecule has 29 heavy (non-hydrogen) atoms. The lowest BCUT2D eigenvalue weighted by molar-refractivity contribution is -0.139. The van der Waals surface area contributed by atoms with Crippen LogP contribution < -0.4 is 5.32 Å². The second-order valence-corrected chi connectivity index (χ2v) is 9.00. The molecule has 1 N–H and O–H groups in total. The summed E-state index contributed by atoms with van der Waals surface area (Å²) >= 11 is 5.63. The molecule has 2 aromatic rings. The quantitative estimate of drug-likeness (QED) is 0.773. The van der Waals surface area contributed by atoms with Gasteiger partial charge in [-0.2, -0.15) is 17.5 Å². The smallest absolute Gasteiger partial charge is 0.349 e. The van der Waals surface area contributed by atoms with Gasteiger partial charge in [0.1, 0.15) is 0 Å². The fourth-order valence-corrected chi connectivity index (χ4v) is 5.02. The van der Waals surface area contributed by atoms with Gasteiger partial charge >= 0.3 is 6.18 Å². The third-order valence-corrected chi connectivity index (χ3v) is 6.88. The fraction of sp³-hybridized carbons (Fsp3) is 0.316. The van der Waals surface area contributed by atoms with E-state index in [-0.39, 0.29) is 30.1 Å². The van der Waals surface area contributed by atoms with Crippen molar-refractivity contribution in [1.82, 2.24) is 9.62 Å². The van der Waals surface area contributed by atoms with Crippen LogP contribution >= 0.6 is 11.6 Å².